The molecule has 0 saturated heterocycles. The molecule has 1 N–H and O–H groups in total. The van der Waals surface area contributed by atoms with Crippen LogP contribution in [-0.4, -0.2) is 20.9 Å². The highest BCUT2D eigenvalue weighted by atomic mass is 32.1. The van der Waals surface area contributed by atoms with Crippen LogP contribution in [0.3, 0.4) is 0 Å². The van der Waals surface area contributed by atoms with Crippen molar-refractivity contribution in [2.75, 3.05) is 0 Å². The molecule has 1 amide bonds. The average Bonchev–Trinajstić information content (AvgIpc) is 3.20. The minimum Gasteiger partial charge on any atom is -0.344 e. The summed E-state index contributed by atoms with van der Waals surface area (Å²) in [6, 6.07) is 10.1. The molecular weight excluding hydrogens is 320 g/mol. The first-order chi connectivity index (χ1) is 11.7. The van der Waals surface area contributed by atoms with E-state index in [9.17, 15) is 4.79 Å². The Morgan fingerprint density at radius 3 is 2.83 bits per heavy atom. The molecule has 0 fully saturated rings. The summed E-state index contributed by atoms with van der Waals surface area (Å²) in [5.41, 5.74) is 3.26. The van der Waals surface area contributed by atoms with Crippen LogP contribution in [0, 0.1) is 6.92 Å². The van der Waals surface area contributed by atoms with Crippen molar-refractivity contribution in [3.05, 3.63) is 64.4 Å². The van der Waals surface area contributed by atoms with Crippen LogP contribution >= 0.6 is 11.3 Å². The molecule has 0 spiro atoms. The molecule has 1 aromatic carbocycles. The zero-order valence-corrected chi connectivity index (χ0v) is 14.0. The Balaban J connectivity index is 1.57. The van der Waals surface area contributed by atoms with Crippen LogP contribution in [-0.2, 0) is 6.42 Å². The fourth-order valence-electron chi connectivity index (χ4n) is 3.04. The molecule has 0 radical (unpaired) electrons. The molecule has 1 aliphatic carbocycles. The summed E-state index contributed by atoms with van der Waals surface area (Å²) < 4.78 is 0. The van der Waals surface area contributed by atoms with Crippen molar-refractivity contribution in [2.45, 2.75) is 25.8 Å². The van der Waals surface area contributed by atoms with Crippen LogP contribution in [0.1, 0.15) is 39.0 Å². The van der Waals surface area contributed by atoms with Gasteiger partial charge in [-0.3, -0.25) is 4.79 Å². The summed E-state index contributed by atoms with van der Waals surface area (Å²) in [5, 5.41) is 3.82. The van der Waals surface area contributed by atoms with E-state index < -0.39 is 0 Å². The fourth-order valence-corrected chi connectivity index (χ4v) is 3.96. The van der Waals surface area contributed by atoms with Gasteiger partial charge in [0.05, 0.1) is 11.7 Å². The largest absolute Gasteiger partial charge is 0.344 e. The number of amides is 1. The monoisotopic (exact) mass is 336 g/mol. The highest BCUT2D eigenvalue weighted by molar-refractivity contribution is 7.17. The summed E-state index contributed by atoms with van der Waals surface area (Å²) in [6.45, 7) is 1.85. The van der Waals surface area contributed by atoms with Crippen LogP contribution in [0.15, 0.2) is 42.7 Å². The number of aryl methyl sites for hydroxylation is 2. The van der Waals surface area contributed by atoms with Crippen molar-refractivity contribution in [3.8, 4) is 10.8 Å². The van der Waals surface area contributed by atoms with Gasteiger partial charge in [-0.1, -0.05) is 24.3 Å². The summed E-state index contributed by atoms with van der Waals surface area (Å²) in [6.07, 6.45) is 5.30. The second-order valence-corrected chi connectivity index (χ2v) is 6.77. The fraction of sp³-hybridized carbons (Fsp3) is 0.222. The molecule has 0 aliphatic heterocycles. The van der Waals surface area contributed by atoms with Crippen molar-refractivity contribution < 1.29 is 4.79 Å². The van der Waals surface area contributed by atoms with Crippen molar-refractivity contribution in [1.29, 1.82) is 0 Å². The van der Waals surface area contributed by atoms with Gasteiger partial charge >= 0.3 is 0 Å². The van der Waals surface area contributed by atoms with Gasteiger partial charge in [-0.2, -0.15) is 0 Å². The minimum absolute atomic E-state index is 0.0751. The molecule has 120 valence electrons. The molecule has 6 heteroatoms. The zero-order valence-electron chi connectivity index (χ0n) is 13.2. The Hall–Kier alpha value is -2.60. The third-order valence-corrected chi connectivity index (χ3v) is 5.35. The molecule has 2 heterocycles. The highest BCUT2D eigenvalue weighted by Gasteiger charge is 2.25. The Morgan fingerprint density at radius 1 is 1.21 bits per heavy atom. The number of nitrogens with zero attached hydrogens (tertiary/aromatic N) is 3. The number of hydrogen-bond donors (Lipinski definition) is 1. The van der Waals surface area contributed by atoms with E-state index in [0.29, 0.717) is 21.4 Å². The number of carbonyl (C=O) groups is 1. The average molecular weight is 336 g/mol. The molecule has 1 aliphatic rings. The quantitative estimate of drug-likeness (QED) is 0.796. The summed E-state index contributed by atoms with van der Waals surface area (Å²) in [5.74, 6) is 0.477. The van der Waals surface area contributed by atoms with Gasteiger partial charge in [0.25, 0.3) is 5.91 Å². The molecular formula is C18H16N4OS. The van der Waals surface area contributed by atoms with E-state index in [1.165, 1.54) is 22.5 Å². The lowest BCUT2D eigenvalue weighted by Gasteiger charge is -2.13. The summed E-state index contributed by atoms with van der Waals surface area (Å²) in [4.78, 5) is 26.2. The van der Waals surface area contributed by atoms with Crippen LogP contribution in [0.5, 0.6) is 0 Å². The predicted molar refractivity (Wildman–Crippen MR) is 92.8 cm³/mol. The zero-order chi connectivity index (χ0) is 16.5. The first-order valence-corrected chi connectivity index (χ1v) is 8.67. The standard InChI is InChI=1S/C18H16N4OS/c1-11-15(24-18(21-11)16-19-9-4-10-20-16)17(23)22-14-8-7-12-5-2-3-6-13(12)14/h2-6,9-10,14H,7-8H2,1H3,(H,22,23)/t14-/m0/s1. The molecule has 0 saturated carbocycles. The lowest BCUT2D eigenvalue weighted by atomic mass is 10.1. The number of hydrogen-bond acceptors (Lipinski definition) is 5. The van der Waals surface area contributed by atoms with E-state index in [1.807, 2.05) is 19.1 Å². The predicted octanol–water partition coefficient (Wildman–Crippen LogP) is 3.33. The number of fused-ring (bicyclic) bond motifs is 1. The number of nitrogens with one attached hydrogen (secondary N) is 1. The van der Waals surface area contributed by atoms with E-state index in [0.717, 1.165) is 12.8 Å². The SMILES string of the molecule is Cc1nc(-c2ncccn2)sc1C(=O)N[C@H]1CCc2ccccc21. The Kier molecular flexibility index (Phi) is 3.82. The Bertz CT molecular complexity index is 891. The van der Waals surface area contributed by atoms with Gasteiger partial charge in [0.15, 0.2) is 10.8 Å². The van der Waals surface area contributed by atoms with E-state index in [-0.39, 0.29) is 11.9 Å². The molecule has 3 aromatic rings. The van der Waals surface area contributed by atoms with Gasteiger partial charge < -0.3 is 5.32 Å². The van der Waals surface area contributed by atoms with Crippen LogP contribution in [0.4, 0.5) is 0 Å². The minimum atomic E-state index is -0.0751. The maximum absolute atomic E-state index is 12.7. The first-order valence-electron chi connectivity index (χ1n) is 7.86. The number of thiazole rings is 1. The maximum atomic E-state index is 12.7. The van der Waals surface area contributed by atoms with E-state index in [4.69, 9.17) is 0 Å². The van der Waals surface area contributed by atoms with Gasteiger partial charge in [0.2, 0.25) is 0 Å². The van der Waals surface area contributed by atoms with E-state index >= 15 is 0 Å². The lowest BCUT2D eigenvalue weighted by molar-refractivity contribution is 0.0940. The smallest absolute Gasteiger partial charge is 0.263 e. The number of aromatic nitrogens is 3. The van der Waals surface area contributed by atoms with Crippen molar-refractivity contribution in [1.82, 2.24) is 20.3 Å². The Morgan fingerprint density at radius 2 is 2.00 bits per heavy atom. The van der Waals surface area contributed by atoms with E-state index in [2.05, 4.69) is 32.4 Å². The van der Waals surface area contributed by atoms with Gasteiger partial charge in [-0.25, -0.2) is 15.0 Å². The maximum Gasteiger partial charge on any atom is 0.263 e. The molecule has 4 rings (SSSR count). The van der Waals surface area contributed by atoms with Crippen molar-refractivity contribution >= 4 is 17.2 Å². The summed E-state index contributed by atoms with van der Waals surface area (Å²) in [7, 11) is 0. The molecule has 0 unspecified atom stereocenters. The normalized spacial score (nSPS) is 16.0. The first kappa shape index (κ1) is 15.0. The number of carbonyl (C=O) groups excluding carboxylic acids is 1. The third kappa shape index (κ3) is 2.69. The molecule has 5 nitrogen and oxygen atoms in total. The van der Waals surface area contributed by atoms with Crippen molar-refractivity contribution in [2.24, 2.45) is 0 Å². The van der Waals surface area contributed by atoms with Crippen LogP contribution < -0.4 is 5.32 Å². The van der Waals surface area contributed by atoms with Gasteiger partial charge in [0.1, 0.15) is 4.88 Å². The second-order valence-electron chi connectivity index (χ2n) is 5.77. The molecule has 2 aromatic heterocycles. The molecule has 24 heavy (non-hydrogen) atoms. The van der Waals surface area contributed by atoms with Gasteiger partial charge in [0, 0.05) is 12.4 Å². The number of rotatable bonds is 3. The lowest BCUT2D eigenvalue weighted by Crippen LogP contribution is -2.26. The second kappa shape index (κ2) is 6.13. The van der Waals surface area contributed by atoms with Crippen molar-refractivity contribution in [3.63, 3.8) is 0 Å². The van der Waals surface area contributed by atoms with Crippen LogP contribution in [0.25, 0.3) is 10.8 Å². The van der Waals surface area contributed by atoms with E-state index in [1.54, 1.807) is 18.5 Å². The molecule has 1 atom stereocenters. The Labute approximate surface area is 143 Å². The van der Waals surface area contributed by atoms with Gasteiger partial charge in [-0.15, -0.1) is 11.3 Å². The topological polar surface area (TPSA) is 67.8 Å². The summed E-state index contributed by atoms with van der Waals surface area (Å²) >= 11 is 1.34. The number of benzene rings is 1. The third-order valence-electron chi connectivity index (χ3n) is 4.20. The van der Waals surface area contributed by atoms with Gasteiger partial charge in [-0.05, 0) is 37.0 Å². The molecule has 0 bridgehead atoms. The van der Waals surface area contributed by atoms with Crippen LogP contribution in [0.2, 0.25) is 0 Å². The highest BCUT2D eigenvalue weighted by Crippen LogP contribution is 2.32.